The summed E-state index contributed by atoms with van der Waals surface area (Å²) in [4.78, 5) is 42.6. The number of alkyl halides is 3. The third-order valence-electron chi connectivity index (χ3n) is 5.48. The molecule has 164 valence electrons. The van der Waals surface area contributed by atoms with Crippen molar-refractivity contribution in [1.82, 2.24) is 4.98 Å². The minimum atomic E-state index is -4.61. The van der Waals surface area contributed by atoms with Gasteiger partial charge in [0.2, 0.25) is 11.8 Å². The van der Waals surface area contributed by atoms with Crippen LogP contribution in [0.2, 0.25) is 5.02 Å². The summed E-state index contributed by atoms with van der Waals surface area (Å²) >= 11 is 8.02. The van der Waals surface area contributed by atoms with Crippen molar-refractivity contribution in [3.05, 3.63) is 79.2 Å². The molecule has 2 amide bonds. The average molecular weight is 497 g/mol. The Morgan fingerprint density at radius 1 is 1.00 bits per heavy atom. The van der Waals surface area contributed by atoms with E-state index < -0.39 is 40.6 Å². The summed E-state index contributed by atoms with van der Waals surface area (Å²) in [7, 11) is 0. The number of nitrogens with zero attached hydrogens (tertiary/aromatic N) is 1. The smallest absolute Gasteiger partial charge is 0.307 e. The summed E-state index contributed by atoms with van der Waals surface area (Å²) in [5, 5.41) is 0.0982. The summed E-state index contributed by atoms with van der Waals surface area (Å²) in [5.74, 6) is -2.69. The lowest BCUT2D eigenvalue weighted by Gasteiger charge is -2.29. The van der Waals surface area contributed by atoms with Crippen molar-refractivity contribution in [3.8, 4) is 0 Å². The first-order valence-corrected chi connectivity index (χ1v) is 11.4. The fourth-order valence-electron chi connectivity index (χ4n) is 4.12. The molecule has 3 atom stereocenters. The molecule has 1 saturated heterocycles. The van der Waals surface area contributed by atoms with Crippen LogP contribution in [0, 0.1) is 5.92 Å². The van der Waals surface area contributed by atoms with E-state index in [1.807, 2.05) is 0 Å². The van der Waals surface area contributed by atoms with E-state index in [-0.39, 0.29) is 10.6 Å². The Balaban J connectivity index is 1.62. The van der Waals surface area contributed by atoms with Crippen molar-refractivity contribution in [3.63, 3.8) is 0 Å². The molecule has 1 fully saturated rings. The summed E-state index contributed by atoms with van der Waals surface area (Å²) < 4.78 is 39.6. The van der Waals surface area contributed by atoms with Crippen molar-refractivity contribution in [1.29, 1.82) is 0 Å². The van der Waals surface area contributed by atoms with Gasteiger partial charge >= 0.3 is 11.0 Å². The number of fused-ring (bicyclic) bond motifs is 2. The Labute approximate surface area is 192 Å². The Bertz CT molecular complexity index is 1300. The predicted octanol–water partition coefficient (Wildman–Crippen LogP) is 4.90. The fraction of sp³-hybridized carbons (Fsp3) is 0.190. The summed E-state index contributed by atoms with van der Waals surface area (Å²) in [6.07, 6.45) is -4.61. The quantitative estimate of drug-likeness (QED) is 0.512. The van der Waals surface area contributed by atoms with Crippen LogP contribution < -0.4 is 9.77 Å². The van der Waals surface area contributed by atoms with Gasteiger partial charge in [0.05, 0.1) is 22.2 Å². The molecular weight excluding hydrogens is 485 g/mol. The van der Waals surface area contributed by atoms with Crippen LogP contribution >= 0.6 is 34.7 Å². The molecule has 5 nitrogen and oxygen atoms in total. The second-order valence-corrected chi connectivity index (χ2v) is 9.96. The number of nitrogens with one attached hydrogen (secondary N) is 1. The lowest BCUT2D eigenvalue weighted by molar-refractivity contribution is -0.137. The first-order chi connectivity index (χ1) is 15.1. The second kappa shape index (κ2) is 7.50. The number of thioether (sulfide) groups is 1. The van der Waals surface area contributed by atoms with E-state index >= 15 is 0 Å². The molecule has 0 spiro atoms. The number of carbonyl (C=O) groups excluding carboxylic acids is 2. The maximum Gasteiger partial charge on any atom is 0.416 e. The summed E-state index contributed by atoms with van der Waals surface area (Å²) in [5.41, 5.74) is -0.388. The van der Waals surface area contributed by atoms with E-state index in [0.29, 0.717) is 20.5 Å². The number of hydrogen-bond donors (Lipinski definition) is 1. The molecule has 0 aliphatic carbocycles. The van der Waals surface area contributed by atoms with Gasteiger partial charge in [0.25, 0.3) is 0 Å². The number of imide groups is 1. The first-order valence-electron chi connectivity index (χ1n) is 9.35. The number of carbonyl (C=O) groups is 2. The Kier molecular flexibility index (Phi) is 4.99. The minimum Gasteiger partial charge on any atom is -0.307 e. The molecule has 32 heavy (non-hydrogen) atoms. The number of aromatic nitrogens is 1. The molecule has 2 aliphatic heterocycles. The largest absolute Gasteiger partial charge is 0.416 e. The van der Waals surface area contributed by atoms with Gasteiger partial charge in [-0.3, -0.25) is 14.4 Å². The highest BCUT2D eigenvalue weighted by Crippen LogP contribution is 2.53. The van der Waals surface area contributed by atoms with Crippen LogP contribution in [-0.2, 0) is 15.8 Å². The molecule has 3 aromatic rings. The van der Waals surface area contributed by atoms with Crippen molar-refractivity contribution >= 4 is 52.2 Å². The highest BCUT2D eigenvalue weighted by atomic mass is 35.5. The molecular formula is C21H12ClF3N2O3S2. The lowest BCUT2D eigenvalue weighted by atomic mass is 9.83. The van der Waals surface area contributed by atoms with Crippen molar-refractivity contribution in [2.75, 3.05) is 4.90 Å². The average Bonchev–Trinajstić information content (AvgIpc) is 3.23. The standard InChI is InChI=1S/C21H12ClF3N2O3S2/c22-11-6-4-9(5-7-11)13-14-16(31-17-15(13)32-20(30)26-17)19(29)27(18(14)28)12-3-1-2-10(8-12)21(23,24)25/h1-8,13-14,16H,(H,26,30)/t13-,14?,16?/m1/s1. The Morgan fingerprint density at radius 3 is 2.41 bits per heavy atom. The number of rotatable bonds is 2. The summed E-state index contributed by atoms with van der Waals surface area (Å²) in [6.45, 7) is 0. The predicted molar refractivity (Wildman–Crippen MR) is 115 cm³/mol. The zero-order valence-corrected chi connectivity index (χ0v) is 18.2. The van der Waals surface area contributed by atoms with E-state index in [2.05, 4.69) is 4.98 Å². The zero-order chi connectivity index (χ0) is 22.8. The SMILES string of the molecule is O=C1C2Sc3[nH]c(=O)sc3[C@H](c3ccc(Cl)cc3)C2C(=O)N1c1cccc(C(F)(F)F)c1. The van der Waals surface area contributed by atoms with Gasteiger partial charge < -0.3 is 4.98 Å². The van der Waals surface area contributed by atoms with E-state index in [1.54, 1.807) is 24.3 Å². The van der Waals surface area contributed by atoms with Crippen LogP contribution in [0.5, 0.6) is 0 Å². The van der Waals surface area contributed by atoms with Crippen LogP contribution in [0.25, 0.3) is 0 Å². The number of benzene rings is 2. The van der Waals surface area contributed by atoms with Gasteiger partial charge in [-0.25, -0.2) is 4.90 Å². The zero-order valence-electron chi connectivity index (χ0n) is 15.9. The van der Waals surface area contributed by atoms with Crippen LogP contribution in [0.1, 0.15) is 21.9 Å². The normalized spacial score (nSPS) is 22.8. The Hall–Kier alpha value is -2.56. The molecule has 2 aliphatic rings. The number of aromatic amines is 1. The molecule has 3 heterocycles. The lowest BCUT2D eigenvalue weighted by Crippen LogP contribution is -2.32. The van der Waals surface area contributed by atoms with E-state index in [1.165, 1.54) is 12.1 Å². The van der Waals surface area contributed by atoms with Crippen molar-refractivity contribution < 1.29 is 22.8 Å². The molecule has 2 aromatic carbocycles. The van der Waals surface area contributed by atoms with Gasteiger partial charge in [-0.2, -0.15) is 13.2 Å². The van der Waals surface area contributed by atoms with Crippen LogP contribution in [0.3, 0.4) is 0 Å². The second-order valence-electron chi connectivity index (χ2n) is 7.36. The van der Waals surface area contributed by atoms with Gasteiger partial charge in [0.15, 0.2) is 0 Å². The number of hydrogen-bond acceptors (Lipinski definition) is 5. The molecule has 0 bridgehead atoms. The minimum absolute atomic E-state index is 0.128. The van der Waals surface area contributed by atoms with Crippen LogP contribution in [0.15, 0.2) is 58.4 Å². The number of amides is 2. The van der Waals surface area contributed by atoms with Crippen LogP contribution in [0.4, 0.5) is 18.9 Å². The Morgan fingerprint density at radius 2 is 1.72 bits per heavy atom. The monoisotopic (exact) mass is 496 g/mol. The topological polar surface area (TPSA) is 70.2 Å². The molecule has 0 radical (unpaired) electrons. The van der Waals surface area contributed by atoms with Crippen molar-refractivity contribution in [2.24, 2.45) is 5.92 Å². The molecule has 0 saturated carbocycles. The molecule has 2 unspecified atom stereocenters. The van der Waals surface area contributed by atoms with Gasteiger partial charge in [-0.15, -0.1) is 0 Å². The maximum absolute atomic E-state index is 13.5. The number of anilines is 1. The van der Waals surface area contributed by atoms with E-state index in [4.69, 9.17) is 11.6 Å². The highest BCUT2D eigenvalue weighted by molar-refractivity contribution is 8.00. The van der Waals surface area contributed by atoms with Crippen molar-refractivity contribution in [2.45, 2.75) is 22.4 Å². The number of H-pyrrole nitrogens is 1. The molecule has 1 aromatic heterocycles. The van der Waals surface area contributed by atoms with Gasteiger partial charge in [-0.05, 0) is 35.9 Å². The van der Waals surface area contributed by atoms with Gasteiger partial charge in [-0.1, -0.05) is 52.9 Å². The third-order valence-corrected chi connectivity index (χ3v) is 8.14. The van der Waals surface area contributed by atoms with Gasteiger partial charge in [0.1, 0.15) is 5.25 Å². The third kappa shape index (κ3) is 3.37. The number of halogens is 4. The fourth-order valence-corrected chi connectivity index (χ4v) is 6.76. The van der Waals surface area contributed by atoms with Crippen LogP contribution in [-0.4, -0.2) is 22.0 Å². The van der Waals surface area contributed by atoms with E-state index in [9.17, 15) is 27.6 Å². The molecule has 1 N–H and O–H groups in total. The number of thiazole rings is 1. The molecule has 5 rings (SSSR count). The molecule has 11 heteroatoms. The summed E-state index contributed by atoms with van der Waals surface area (Å²) in [6, 6.07) is 10.9. The van der Waals surface area contributed by atoms with Gasteiger partial charge in [0, 0.05) is 15.8 Å². The first kappa shape index (κ1) is 21.3. The van der Waals surface area contributed by atoms with E-state index in [0.717, 1.165) is 40.1 Å². The highest BCUT2D eigenvalue weighted by Gasteiger charge is 2.56. The maximum atomic E-state index is 13.5.